The van der Waals surface area contributed by atoms with Gasteiger partial charge < -0.3 is 14.8 Å². The molecule has 5 aromatic carbocycles. The van der Waals surface area contributed by atoms with Gasteiger partial charge in [-0.2, -0.15) is 0 Å². The molecule has 37 heavy (non-hydrogen) atoms. The van der Waals surface area contributed by atoms with Gasteiger partial charge in [0.15, 0.2) is 7.14 Å². The van der Waals surface area contributed by atoms with E-state index in [-0.39, 0.29) is 88.5 Å². The fourth-order valence-electron chi connectivity index (χ4n) is 4.01. The Hall–Kier alpha value is -0.802. The minimum absolute atomic E-state index is 0. The van der Waals surface area contributed by atoms with Crippen molar-refractivity contribution in [2.24, 2.45) is 0 Å². The van der Waals surface area contributed by atoms with Gasteiger partial charge in [-0.1, -0.05) is 127 Å². The van der Waals surface area contributed by atoms with Gasteiger partial charge in [0.25, 0.3) is 0 Å². The molecule has 0 amide bonds. The molecule has 5 aromatic rings. The van der Waals surface area contributed by atoms with Crippen molar-refractivity contribution < 1.29 is 96.9 Å². The van der Waals surface area contributed by atoms with Crippen LogP contribution in [0.5, 0.6) is 0 Å². The van der Waals surface area contributed by atoms with Crippen molar-refractivity contribution in [1.29, 1.82) is 0 Å². The Labute approximate surface area is 285 Å². The van der Waals surface area contributed by atoms with Gasteiger partial charge in [-0.05, 0) is 22.4 Å². The first-order valence-electron chi connectivity index (χ1n) is 11.5. The van der Waals surface area contributed by atoms with Crippen LogP contribution in [0.1, 0.15) is 18.1 Å². The van der Waals surface area contributed by atoms with E-state index in [1.807, 2.05) is 133 Å². The number of aliphatic hydroxyl groups excluding tert-OH is 2. The van der Waals surface area contributed by atoms with E-state index in [0.29, 0.717) is 0 Å². The Morgan fingerprint density at radius 2 is 1.03 bits per heavy atom. The molecule has 0 saturated carbocycles. The zero-order chi connectivity index (χ0) is 24.5. The molecule has 5 rings (SSSR count). The maximum Gasteiger partial charge on any atom is 0.171 e. The summed E-state index contributed by atoms with van der Waals surface area (Å²) in [4.78, 5) is 0. The van der Waals surface area contributed by atoms with Gasteiger partial charge in [-0.25, -0.2) is 6.61 Å². The predicted molar refractivity (Wildman–Crippen MR) is 146 cm³/mol. The number of aliphatic hydroxyl groups is 2. The molecule has 0 saturated heterocycles. The summed E-state index contributed by atoms with van der Waals surface area (Å²) in [6, 6.07) is 43.0. The maximum absolute atomic E-state index is 13.8. The molecule has 0 bridgehead atoms. The number of benzene rings is 5. The van der Waals surface area contributed by atoms with Crippen LogP contribution in [0.2, 0.25) is 0 Å². The molecule has 3 nitrogen and oxygen atoms in total. The van der Waals surface area contributed by atoms with Crippen LogP contribution < -0.4 is 15.9 Å². The molecule has 0 aromatic heterocycles. The van der Waals surface area contributed by atoms with E-state index in [9.17, 15) is 9.67 Å². The third-order valence-corrected chi connectivity index (χ3v) is 8.92. The third-order valence-electron chi connectivity index (χ3n) is 5.85. The summed E-state index contributed by atoms with van der Waals surface area (Å²) in [6.07, 6.45) is -0.363. The second kappa shape index (κ2) is 16.3. The number of hydrogen-bond acceptors (Lipinski definition) is 3. The molecular formula is C31H28EuO3PY-. The third kappa shape index (κ3) is 8.34. The van der Waals surface area contributed by atoms with E-state index in [2.05, 4.69) is 0 Å². The Morgan fingerprint density at radius 3 is 1.46 bits per heavy atom. The average Bonchev–Trinajstić information content (AvgIpc) is 2.94. The predicted octanol–water partition coefficient (Wildman–Crippen LogP) is 6.12. The molecule has 2 radical (unpaired) electrons. The van der Waals surface area contributed by atoms with Gasteiger partial charge in [0.05, 0.1) is 6.10 Å². The molecule has 6 heteroatoms. The molecule has 0 aliphatic heterocycles. The summed E-state index contributed by atoms with van der Waals surface area (Å²) < 4.78 is 13.8. The van der Waals surface area contributed by atoms with E-state index in [1.54, 1.807) is 0 Å². The van der Waals surface area contributed by atoms with E-state index in [0.717, 1.165) is 38.9 Å². The van der Waals surface area contributed by atoms with Crippen LogP contribution >= 0.6 is 7.14 Å². The standard InChI is InChI=1S/C18H15OP.C13H13O2.Eu.Y/c19-20(16-10-4-1-5-11-16,17-12-6-2-7-13-17)18-14-8-3-9-15-18;14-8-7-13(15)12-6-5-10-3-1-2-4-11(10)9-12;;/h1-15H;1-6,8-9,13-15H,7H2;;/q;-1;;. The Morgan fingerprint density at radius 1 is 0.622 bits per heavy atom. The van der Waals surface area contributed by atoms with Crippen LogP contribution in [0.15, 0.2) is 133 Å². The molecule has 2 N–H and O–H groups in total. The molecule has 186 valence electrons. The van der Waals surface area contributed by atoms with E-state index >= 15 is 0 Å². The minimum Gasteiger partial charge on any atom is -0.566 e. The average molecular weight is 720 g/mol. The molecule has 1 unspecified atom stereocenters. The molecule has 0 heterocycles. The van der Waals surface area contributed by atoms with Crippen LogP contribution in [0.4, 0.5) is 0 Å². The first-order valence-corrected chi connectivity index (χ1v) is 13.2. The van der Waals surface area contributed by atoms with Crippen LogP contribution in [0.3, 0.4) is 0 Å². The summed E-state index contributed by atoms with van der Waals surface area (Å²) >= 11 is 0. The first kappa shape index (κ1) is 32.4. The van der Waals surface area contributed by atoms with Gasteiger partial charge in [0.1, 0.15) is 0 Å². The zero-order valence-electron chi connectivity index (χ0n) is 20.3. The SMILES string of the molecule is O=P(c1ccccc1)(c1ccccc1)c1ccccc1.O[CH-]CC(O)c1ccc2ccccc2c1.[Eu].[Y]. The van der Waals surface area contributed by atoms with Gasteiger partial charge in [0.2, 0.25) is 0 Å². The second-order valence-electron chi connectivity index (χ2n) is 8.16. The number of hydrogen-bond donors (Lipinski definition) is 2. The van der Waals surface area contributed by atoms with Gasteiger partial charge >= 0.3 is 0 Å². The molecule has 1 atom stereocenters. The Bertz CT molecular complexity index is 1300. The number of fused-ring (bicyclic) bond motifs is 1. The van der Waals surface area contributed by atoms with Gasteiger partial charge in [-0.3, -0.25) is 0 Å². The Balaban J connectivity index is 0.000000256. The van der Waals surface area contributed by atoms with Crippen molar-refractivity contribution in [3.8, 4) is 0 Å². The molecule has 0 aliphatic rings. The van der Waals surface area contributed by atoms with Crippen LogP contribution in [-0.2, 0) is 37.3 Å². The quantitative estimate of drug-likeness (QED) is 0.164. The summed E-state index contributed by atoms with van der Waals surface area (Å²) in [5.41, 5.74) is 0.832. The van der Waals surface area contributed by atoms with Crippen molar-refractivity contribution >= 4 is 33.8 Å². The van der Waals surface area contributed by atoms with Crippen molar-refractivity contribution in [1.82, 2.24) is 0 Å². The molecule has 0 aliphatic carbocycles. The molecular weight excluding hydrogens is 692 g/mol. The Kier molecular flexibility index (Phi) is 14.3. The summed E-state index contributed by atoms with van der Waals surface area (Å²) in [7, 11) is -2.78. The number of rotatable bonds is 6. The van der Waals surface area contributed by atoms with Crippen LogP contribution in [0.25, 0.3) is 10.8 Å². The largest absolute Gasteiger partial charge is 0.566 e. The topological polar surface area (TPSA) is 57.5 Å². The summed E-state index contributed by atoms with van der Waals surface area (Å²) in [5, 5.41) is 23.2. The first-order chi connectivity index (χ1) is 17.1. The van der Waals surface area contributed by atoms with Crippen molar-refractivity contribution in [3.05, 3.63) is 146 Å². The van der Waals surface area contributed by atoms with Crippen LogP contribution in [0, 0.1) is 56.0 Å². The van der Waals surface area contributed by atoms with Gasteiger partial charge in [0, 0.05) is 98.0 Å². The van der Waals surface area contributed by atoms with Crippen molar-refractivity contribution in [2.75, 3.05) is 0 Å². The van der Waals surface area contributed by atoms with Gasteiger partial charge in [-0.15, -0.1) is 6.42 Å². The van der Waals surface area contributed by atoms with E-state index in [1.165, 1.54) is 0 Å². The van der Waals surface area contributed by atoms with Crippen LogP contribution in [-0.4, -0.2) is 10.2 Å². The second-order valence-corrected chi connectivity index (χ2v) is 10.9. The fraction of sp³-hybridized carbons (Fsp3) is 0.0645. The van der Waals surface area contributed by atoms with E-state index in [4.69, 9.17) is 5.11 Å². The molecule has 0 fully saturated rings. The summed E-state index contributed by atoms with van der Waals surface area (Å²) in [5.74, 6) is 0. The van der Waals surface area contributed by atoms with Crippen molar-refractivity contribution in [3.63, 3.8) is 0 Å². The normalized spacial score (nSPS) is 11.3. The fourth-order valence-corrected chi connectivity index (χ4v) is 6.68. The van der Waals surface area contributed by atoms with Crippen molar-refractivity contribution in [2.45, 2.75) is 12.5 Å². The summed E-state index contributed by atoms with van der Waals surface area (Å²) in [6.45, 7) is 0.986. The van der Waals surface area contributed by atoms with E-state index < -0.39 is 13.2 Å². The monoisotopic (exact) mass is 721 g/mol. The molecule has 0 spiro atoms. The maximum atomic E-state index is 13.8. The zero-order valence-corrected chi connectivity index (χ0v) is 26.4. The minimum atomic E-state index is -2.78. The smallest absolute Gasteiger partial charge is 0.171 e.